The predicted octanol–water partition coefficient (Wildman–Crippen LogP) is 2.57. The van der Waals surface area contributed by atoms with Gasteiger partial charge >= 0.3 is 0 Å². The molecule has 0 bridgehead atoms. The van der Waals surface area contributed by atoms with E-state index >= 15 is 0 Å². The molecule has 0 aliphatic rings. The standard InChI is InChI=1S/C16H27NO3/c1-4-5-8-19-10-15(18)11-20-16-7-6-14(13(3)17)9-12(16)2/h6-7,9,13,15,18H,4-5,8,10-11,17H2,1-3H3. The van der Waals surface area contributed by atoms with E-state index in [9.17, 15) is 5.11 Å². The predicted molar refractivity (Wildman–Crippen MR) is 81.0 cm³/mol. The highest BCUT2D eigenvalue weighted by Crippen LogP contribution is 2.21. The summed E-state index contributed by atoms with van der Waals surface area (Å²) in [6, 6.07) is 5.89. The molecule has 0 aliphatic heterocycles. The molecule has 4 heteroatoms. The molecule has 0 aliphatic carbocycles. The Morgan fingerprint density at radius 3 is 2.65 bits per heavy atom. The summed E-state index contributed by atoms with van der Waals surface area (Å²) in [7, 11) is 0. The van der Waals surface area contributed by atoms with Crippen LogP contribution in [0.1, 0.15) is 43.9 Å². The van der Waals surface area contributed by atoms with Crippen LogP contribution >= 0.6 is 0 Å². The summed E-state index contributed by atoms with van der Waals surface area (Å²) in [4.78, 5) is 0. The average Bonchev–Trinajstić information content (AvgIpc) is 2.42. The highest BCUT2D eigenvalue weighted by Gasteiger charge is 2.08. The lowest BCUT2D eigenvalue weighted by molar-refractivity contribution is 0.0112. The van der Waals surface area contributed by atoms with Gasteiger partial charge in [0.15, 0.2) is 0 Å². The van der Waals surface area contributed by atoms with E-state index in [1.54, 1.807) is 0 Å². The summed E-state index contributed by atoms with van der Waals surface area (Å²) >= 11 is 0. The summed E-state index contributed by atoms with van der Waals surface area (Å²) in [6.45, 7) is 7.28. The van der Waals surface area contributed by atoms with Crippen molar-refractivity contribution in [3.05, 3.63) is 29.3 Å². The molecule has 0 saturated carbocycles. The second kappa shape index (κ2) is 8.95. The lowest BCUT2D eigenvalue weighted by atomic mass is 10.1. The van der Waals surface area contributed by atoms with Gasteiger partial charge in [0.05, 0.1) is 6.61 Å². The van der Waals surface area contributed by atoms with Crippen molar-refractivity contribution in [1.29, 1.82) is 0 Å². The number of unbranched alkanes of at least 4 members (excludes halogenated alkanes) is 1. The second-order valence-corrected chi connectivity index (χ2v) is 5.21. The van der Waals surface area contributed by atoms with Crippen LogP contribution in [0.2, 0.25) is 0 Å². The number of ether oxygens (including phenoxy) is 2. The average molecular weight is 281 g/mol. The van der Waals surface area contributed by atoms with Crippen LogP contribution in [0.4, 0.5) is 0 Å². The third-order valence-corrected chi connectivity index (χ3v) is 3.11. The highest BCUT2D eigenvalue weighted by molar-refractivity contribution is 5.37. The molecule has 0 saturated heterocycles. The normalized spacial score (nSPS) is 14.1. The van der Waals surface area contributed by atoms with E-state index in [4.69, 9.17) is 15.2 Å². The minimum absolute atomic E-state index is 0.0142. The molecule has 1 aromatic rings. The van der Waals surface area contributed by atoms with Crippen LogP contribution in [0.25, 0.3) is 0 Å². The highest BCUT2D eigenvalue weighted by atomic mass is 16.5. The van der Waals surface area contributed by atoms with Crippen LogP contribution in [0.5, 0.6) is 5.75 Å². The van der Waals surface area contributed by atoms with E-state index in [-0.39, 0.29) is 12.6 Å². The van der Waals surface area contributed by atoms with Crippen molar-refractivity contribution < 1.29 is 14.6 Å². The minimum Gasteiger partial charge on any atom is -0.491 e. The van der Waals surface area contributed by atoms with Gasteiger partial charge in [0.2, 0.25) is 0 Å². The third-order valence-electron chi connectivity index (χ3n) is 3.11. The first kappa shape index (κ1) is 17.0. The van der Waals surface area contributed by atoms with Crippen molar-refractivity contribution in [3.63, 3.8) is 0 Å². The Balaban J connectivity index is 2.37. The largest absolute Gasteiger partial charge is 0.491 e. The van der Waals surface area contributed by atoms with Crippen LogP contribution in [0.3, 0.4) is 0 Å². The molecule has 1 aromatic carbocycles. The number of rotatable bonds is 9. The van der Waals surface area contributed by atoms with E-state index < -0.39 is 6.10 Å². The molecule has 0 amide bonds. The van der Waals surface area contributed by atoms with Crippen LogP contribution in [-0.2, 0) is 4.74 Å². The first-order valence-electron chi connectivity index (χ1n) is 7.29. The van der Waals surface area contributed by atoms with E-state index in [1.165, 1.54) is 0 Å². The Bertz CT molecular complexity index is 393. The molecule has 3 N–H and O–H groups in total. The molecule has 0 fully saturated rings. The number of hydrogen-bond donors (Lipinski definition) is 2. The number of aryl methyl sites for hydroxylation is 1. The first-order chi connectivity index (χ1) is 9.54. The Morgan fingerprint density at radius 1 is 1.30 bits per heavy atom. The zero-order valence-electron chi connectivity index (χ0n) is 12.8. The molecule has 0 heterocycles. The van der Waals surface area contributed by atoms with Crippen molar-refractivity contribution >= 4 is 0 Å². The van der Waals surface area contributed by atoms with Gasteiger partial charge in [-0.15, -0.1) is 0 Å². The monoisotopic (exact) mass is 281 g/mol. The molecule has 20 heavy (non-hydrogen) atoms. The van der Waals surface area contributed by atoms with Gasteiger partial charge in [-0.25, -0.2) is 0 Å². The molecule has 0 radical (unpaired) electrons. The van der Waals surface area contributed by atoms with Crippen LogP contribution in [0.15, 0.2) is 18.2 Å². The summed E-state index contributed by atoms with van der Waals surface area (Å²) in [5.74, 6) is 0.780. The summed E-state index contributed by atoms with van der Waals surface area (Å²) in [5, 5.41) is 9.77. The first-order valence-corrected chi connectivity index (χ1v) is 7.29. The van der Waals surface area contributed by atoms with Gasteiger partial charge in [-0.3, -0.25) is 0 Å². The van der Waals surface area contributed by atoms with E-state index in [1.807, 2.05) is 32.0 Å². The molecule has 0 aromatic heterocycles. The van der Waals surface area contributed by atoms with Gasteiger partial charge < -0.3 is 20.3 Å². The van der Waals surface area contributed by atoms with Crippen molar-refractivity contribution in [3.8, 4) is 5.75 Å². The number of benzene rings is 1. The third kappa shape index (κ3) is 5.90. The topological polar surface area (TPSA) is 64.7 Å². The van der Waals surface area contributed by atoms with Crippen molar-refractivity contribution in [2.45, 2.75) is 45.8 Å². The Hall–Kier alpha value is -1.10. The Kier molecular flexibility index (Phi) is 7.59. The molecule has 2 unspecified atom stereocenters. The zero-order chi connectivity index (χ0) is 15.0. The zero-order valence-corrected chi connectivity index (χ0v) is 12.8. The van der Waals surface area contributed by atoms with Crippen LogP contribution < -0.4 is 10.5 Å². The number of aliphatic hydroxyl groups excluding tert-OH is 1. The van der Waals surface area contributed by atoms with Gasteiger partial charge in [0, 0.05) is 12.6 Å². The molecule has 0 spiro atoms. The summed E-state index contributed by atoms with van der Waals surface area (Å²) in [5.41, 5.74) is 7.95. The lowest BCUT2D eigenvalue weighted by Crippen LogP contribution is -2.24. The fourth-order valence-corrected chi connectivity index (χ4v) is 1.82. The SMILES string of the molecule is CCCCOCC(O)COc1ccc(C(C)N)cc1C. The van der Waals surface area contributed by atoms with E-state index in [0.29, 0.717) is 13.2 Å². The van der Waals surface area contributed by atoms with E-state index in [0.717, 1.165) is 29.7 Å². The van der Waals surface area contributed by atoms with Gasteiger partial charge in [-0.05, 0) is 37.5 Å². The minimum atomic E-state index is -0.598. The molecular formula is C16H27NO3. The Labute approximate surface area is 121 Å². The van der Waals surface area contributed by atoms with Crippen LogP contribution in [0, 0.1) is 6.92 Å². The Morgan fingerprint density at radius 2 is 2.05 bits per heavy atom. The summed E-state index contributed by atoms with van der Waals surface area (Å²) < 4.78 is 11.0. The number of nitrogens with two attached hydrogens (primary N) is 1. The number of hydrogen-bond acceptors (Lipinski definition) is 4. The lowest BCUT2D eigenvalue weighted by Gasteiger charge is -2.15. The van der Waals surface area contributed by atoms with Gasteiger partial charge in [0.25, 0.3) is 0 Å². The van der Waals surface area contributed by atoms with E-state index in [2.05, 4.69) is 6.92 Å². The molecular weight excluding hydrogens is 254 g/mol. The van der Waals surface area contributed by atoms with Gasteiger partial charge in [0.1, 0.15) is 18.5 Å². The fourth-order valence-electron chi connectivity index (χ4n) is 1.82. The van der Waals surface area contributed by atoms with Crippen LogP contribution in [-0.4, -0.2) is 31.0 Å². The maximum atomic E-state index is 9.77. The molecule has 114 valence electrons. The molecule has 1 rings (SSSR count). The van der Waals surface area contributed by atoms with Crippen molar-refractivity contribution in [2.75, 3.05) is 19.8 Å². The maximum absolute atomic E-state index is 9.77. The number of aliphatic hydroxyl groups is 1. The fraction of sp³-hybridized carbons (Fsp3) is 0.625. The summed E-state index contributed by atoms with van der Waals surface area (Å²) in [6.07, 6.45) is 1.52. The van der Waals surface area contributed by atoms with Gasteiger partial charge in [-0.1, -0.05) is 25.5 Å². The van der Waals surface area contributed by atoms with Crippen molar-refractivity contribution in [1.82, 2.24) is 0 Å². The smallest absolute Gasteiger partial charge is 0.122 e. The molecule has 4 nitrogen and oxygen atoms in total. The van der Waals surface area contributed by atoms with Crippen molar-refractivity contribution in [2.24, 2.45) is 5.73 Å². The quantitative estimate of drug-likeness (QED) is 0.683. The maximum Gasteiger partial charge on any atom is 0.122 e. The van der Waals surface area contributed by atoms with Gasteiger partial charge in [-0.2, -0.15) is 0 Å². The second-order valence-electron chi connectivity index (χ2n) is 5.21. The molecule has 2 atom stereocenters.